The lowest BCUT2D eigenvalue weighted by Crippen LogP contribution is -2.35. The predicted octanol–water partition coefficient (Wildman–Crippen LogP) is 2.86. The number of benzene rings is 1. The molecule has 0 N–H and O–H groups in total. The molecule has 1 fully saturated rings. The van der Waals surface area contributed by atoms with Crippen molar-refractivity contribution in [3.63, 3.8) is 0 Å². The van der Waals surface area contributed by atoms with E-state index in [1.54, 1.807) is 11.0 Å². The van der Waals surface area contributed by atoms with Crippen LogP contribution < -0.4 is 4.90 Å². The molecule has 29 heavy (non-hydrogen) atoms. The van der Waals surface area contributed by atoms with Crippen LogP contribution in [-0.2, 0) is 16.0 Å². The molecule has 2 aromatic rings. The van der Waals surface area contributed by atoms with Gasteiger partial charge < -0.3 is 9.80 Å². The Labute approximate surface area is 166 Å². The summed E-state index contributed by atoms with van der Waals surface area (Å²) in [6.45, 7) is 1.77. The van der Waals surface area contributed by atoms with Gasteiger partial charge in [0.15, 0.2) is 9.84 Å². The molecule has 0 atom stereocenters. The lowest BCUT2D eigenvalue weighted by Gasteiger charge is -2.23. The molecule has 1 aromatic carbocycles. The topological polar surface area (TPSA) is 70.6 Å². The zero-order valence-electron chi connectivity index (χ0n) is 15.7. The number of carbonyl (C=O) groups is 1. The summed E-state index contributed by atoms with van der Waals surface area (Å²) in [5.41, 5.74) is -0.521. The number of amides is 1. The predicted molar refractivity (Wildman–Crippen MR) is 102 cm³/mol. The lowest BCUT2D eigenvalue weighted by molar-refractivity contribution is -0.137. The number of alkyl halides is 3. The largest absolute Gasteiger partial charge is 0.417 e. The molecule has 156 valence electrons. The molecule has 2 heterocycles. The van der Waals surface area contributed by atoms with Crippen molar-refractivity contribution in [2.24, 2.45) is 0 Å². The number of hydrogen-bond donors (Lipinski definition) is 0. The number of anilines is 1. The molecule has 0 spiro atoms. The van der Waals surface area contributed by atoms with Crippen LogP contribution in [0.4, 0.5) is 19.0 Å². The zero-order chi connectivity index (χ0) is 21.2. The van der Waals surface area contributed by atoms with Gasteiger partial charge in [0.1, 0.15) is 5.82 Å². The Morgan fingerprint density at radius 1 is 1.07 bits per heavy atom. The maximum atomic E-state index is 12.8. The van der Waals surface area contributed by atoms with Crippen LogP contribution in [0.2, 0.25) is 0 Å². The third-order valence-electron chi connectivity index (χ3n) is 4.69. The van der Waals surface area contributed by atoms with Crippen molar-refractivity contribution in [1.29, 1.82) is 0 Å². The highest BCUT2D eigenvalue weighted by atomic mass is 32.2. The van der Waals surface area contributed by atoms with Crippen LogP contribution in [0.5, 0.6) is 0 Å². The van der Waals surface area contributed by atoms with Crippen molar-refractivity contribution in [3.8, 4) is 0 Å². The van der Waals surface area contributed by atoms with Crippen molar-refractivity contribution in [3.05, 3.63) is 53.7 Å². The highest BCUT2D eigenvalue weighted by Crippen LogP contribution is 2.29. The molecule has 0 radical (unpaired) electrons. The van der Waals surface area contributed by atoms with Crippen molar-refractivity contribution in [1.82, 2.24) is 9.88 Å². The van der Waals surface area contributed by atoms with E-state index in [4.69, 9.17) is 0 Å². The van der Waals surface area contributed by atoms with Crippen molar-refractivity contribution in [2.45, 2.75) is 17.5 Å². The number of pyridine rings is 1. The van der Waals surface area contributed by atoms with Gasteiger partial charge in [-0.25, -0.2) is 13.4 Å². The normalized spacial score (nSPS) is 15.9. The second-order valence-electron chi connectivity index (χ2n) is 6.84. The van der Waals surface area contributed by atoms with Crippen LogP contribution in [0.1, 0.15) is 22.3 Å². The summed E-state index contributed by atoms with van der Waals surface area (Å²) in [5.74, 6) is 0.143. The van der Waals surface area contributed by atoms with Gasteiger partial charge in [-0.1, -0.05) is 6.07 Å². The summed E-state index contributed by atoms with van der Waals surface area (Å²) < 4.78 is 61.5. The third-order valence-corrected chi connectivity index (χ3v) is 5.80. The van der Waals surface area contributed by atoms with Gasteiger partial charge in [0.05, 0.1) is 10.5 Å². The molecule has 3 rings (SSSR count). The van der Waals surface area contributed by atoms with E-state index >= 15 is 0 Å². The molecule has 0 aliphatic carbocycles. The molecular weight excluding hydrogens is 407 g/mol. The summed E-state index contributed by atoms with van der Waals surface area (Å²) in [7, 11) is -3.42. The molecule has 6 nitrogen and oxygen atoms in total. The average molecular weight is 427 g/mol. The molecule has 1 aliphatic rings. The number of nitrogens with zero attached hydrogens (tertiary/aromatic N) is 3. The van der Waals surface area contributed by atoms with Gasteiger partial charge >= 0.3 is 6.18 Å². The van der Waals surface area contributed by atoms with Gasteiger partial charge in [-0.3, -0.25) is 4.79 Å². The summed E-state index contributed by atoms with van der Waals surface area (Å²) in [6.07, 6.45) is -1.94. The van der Waals surface area contributed by atoms with Gasteiger partial charge in [0.2, 0.25) is 0 Å². The average Bonchev–Trinajstić information content (AvgIpc) is 2.92. The monoisotopic (exact) mass is 427 g/mol. The minimum Gasteiger partial charge on any atom is -0.355 e. The molecule has 10 heteroatoms. The fourth-order valence-electron chi connectivity index (χ4n) is 3.13. The molecule has 1 amide bonds. The van der Waals surface area contributed by atoms with Crippen LogP contribution in [0.3, 0.4) is 0 Å². The highest BCUT2D eigenvalue weighted by Gasteiger charge is 2.31. The second kappa shape index (κ2) is 8.02. The van der Waals surface area contributed by atoms with Gasteiger partial charge in [0.25, 0.3) is 5.91 Å². The van der Waals surface area contributed by atoms with E-state index < -0.39 is 21.6 Å². The molecule has 1 saturated heterocycles. The quantitative estimate of drug-likeness (QED) is 0.754. The molecule has 0 bridgehead atoms. The highest BCUT2D eigenvalue weighted by molar-refractivity contribution is 7.90. The number of rotatable bonds is 3. The Hall–Kier alpha value is -2.62. The summed E-state index contributed by atoms with van der Waals surface area (Å²) >= 11 is 0. The summed E-state index contributed by atoms with van der Waals surface area (Å²) in [6, 6.07) is 8.21. The Bertz CT molecular complexity index is 992. The SMILES string of the molecule is CS(=O)(=O)c1cccc(C(=O)N2CCCN(c3ccc(C(F)(F)F)cn3)CC2)c1. The number of carbonyl (C=O) groups excluding carboxylic acids is 1. The minimum absolute atomic E-state index is 0.0775. The summed E-state index contributed by atoms with van der Waals surface area (Å²) in [4.78, 5) is 20.2. The van der Waals surface area contributed by atoms with Gasteiger partial charge in [-0.2, -0.15) is 13.2 Å². The second-order valence-corrected chi connectivity index (χ2v) is 8.85. The van der Waals surface area contributed by atoms with Gasteiger partial charge in [-0.05, 0) is 36.8 Å². The Balaban J connectivity index is 1.71. The fourth-order valence-corrected chi connectivity index (χ4v) is 3.80. The van der Waals surface area contributed by atoms with Gasteiger partial charge in [-0.15, -0.1) is 0 Å². The first-order valence-electron chi connectivity index (χ1n) is 8.93. The molecule has 0 unspecified atom stereocenters. The number of halogens is 3. The smallest absolute Gasteiger partial charge is 0.355 e. The molecule has 0 saturated carbocycles. The molecule has 1 aromatic heterocycles. The van der Waals surface area contributed by atoms with Crippen LogP contribution >= 0.6 is 0 Å². The van der Waals surface area contributed by atoms with Crippen LogP contribution in [-0.4, -0.2) is 56.6 Å². The van der Waals surface area contributed by atoms with E-state index in [0.717, 1.165) is 18.5 Å². The minimum atomic E-state index is -4.44. The zero-order valence-corrected chi connectivity index (χ0v) is 16.5. The van der Waals surface area contributed by atoms with Crippen LogP contribution in [0.15, 0.2) is 47.5 Å². The fraction of sp³-hybridized carbons (Fsp3) is 0.368. The number of aromatic nitrogens is 1. The van der Waals surface area contributed by atoms with E-state index in [1.807, 2.05) is 4.90 Å². The van der Waals surface area contributed by atoms with Crippen LogP contribution in [0.25, 0.3) is 0 Å². The maximum Gasteiger partial charge on any atom is 0.417 e. The maximum absolute atomic E-state index is 12.8. The third kappa shape index (κ3) is 5.06. The Kier molecular flexibility index (Phi) is 5.83. The van der Waals surface area contributed by atoms with Crippen molar-refractivity contribution < 1.29 is 26.4 Å². The summed E-state index contributed by atoms with van der Waals surface area (Å²) in [5, 5.41) is 0. The van der Waals surface area contributed by atoms with Gasteiger partial charge in [0, 0.05) is 44.2 Å². The first-order chi connectivity index (χ1) is 13.6. The van der Waals surface area contributed by atoms with E-state index in [-0.39, 0.29) is 16.4 Å². The van der Waals surface area contributed by atoms with E-state index in [1.165, 1.54) is 24.3 Å². The number of sulfone groups is 1. The van der Waals surface area contributed by atoms with E-state index in [9.17, 15) is 26.4 Å². The van der Waals surface area contributed by atoms with Crippen LogP contribution in [0, 0.1) is 0 Å². The first-order valence-corrected chi connectivity index (χ1v) is 10.8. The number of hydrogen-bond acceptors (Lipinski definition) is 5. The molecular formula is C19H20F3N3O3S. The Morgan fingerprint density at radius 3 is 2.45 bits per heavy atom. The lowest BCUT2D eigenvalue weighted by atomic mass is 10.2. The first kappa shape index (κ1) is 21.1. The molecule has 1 aliphatic heterocycles. The van der Waals surface area contributed by atoms with E-state index in [0.29, 0.717) is 38.4 Å². The van der Waals surface area contributed by atoms with Crippen molar-refractivity contribution >= 4 is 21.6 Å². The van der Waals surface area contributed by atoms with E-state index in [2.05, 4.69) is 4.98 Å². The standard InChI is InChI=1S/C19H20F3N3O3S/c1-29(27,28)16-5-2-4-14(12-16)18(26)25-9-3-8-24(10-11-25)17-7-6-15(13-23-17)19(20,21)22/h2,4-7,12-13H,3,8-11H2,1H3. The van der Waals surface area contributed by atoms with Crippen molar-refractivity contribution in [2.75, 3.05) is 37.3 Å². The Morgan fingerprint density at radius 2 is 1.83 bits per heavy atom.